The topological polar surface area (TPSA) is 61.4 Å². The second-order valence-electron chi connectivity index (χ2n) is 6.69. The number of nitrogens with zero attached hydrogens (tertiary/aromatic N) is 1. The van der Waals surface area contributed by atoms with E-state index in [1.807, 2.05) is 18.2 Å². The first kappa shape index (κ1) is 19.0. The van der Waals surface area contributed by atoms with E-state index in [0.29, 0.717) is 6.54 Å². The van der Waals surface area contributed by atoms with Crippen molar-refractivity contribution < 1.29 is 14.0 Å². The number of halogens is 1. The van der Waals surface area contributed by atoms with Crippen molar-refractivity contribution in [3.63, 3.8) is 0 Å². The Kier molecular flexibility index (Phi) is 6.54. The van der Waals surface area contributed by atoms with Gasteiger partial charge in [0.05, 0.1) is 12.1 Å². The van der Waals surface area contributed by atoms with Gasteiger partial charge in [-0.05, 0) is 49.2 Å². The molecule has 1 aliphatic heterocycles. The van der Waals surface area contributed by atoms with Crippen LogP contribution < -0.4 is 10.6 Å². The lowest BCUT2D eigenvalue weighted by molar-refractivity contribution is -0.120. The zero-order valence-corrected chi connectivity index (χ0v) is 15.2. The summed E-state index contributed by atoms with van der Waals surface area (Å²) in [5, 5.41) is 5.27. The number of hydrogen-bond donors (Lipinski definition) is 2. The molecular weight excluding hydrogens is 345 g/mol. The first-order valence-corrected chi connectivity index (χ1v) is 9.22. The summed E-state index contributed by atoms with van der Waals surface area (Å²) in [5.74, 6) is -1.51. The van der Waals surface area contributed by atoms with Crippen LogP contribution in [-0.2, 0) is 17.9 Å². The SMILES string of the molecule is O=C(CNC(=O)c1ccccc1F)NCc1ccccc1CN1CCCC1. The molecular formula is C21H24FN3O2. The Morgan fingerprint density at radius 1 is 0.926 bits per heavy atom. The summed E-state index contributed by atoms with van der Waals surface area (Å²) >= 11 is 0. The summed E-state index contributed by atoms with van der Waals surface area (Å²) in [6, 6.07) is 13.7. The van der Waals surface area contributed by atoms with Gasteiger partial charge in [-0.2, -0.15) is 0 Å². The third-order valence-corrected chi connectivity index (χ3v) is 4.72. The molecule has 2 aromatic rings. The quantitative estimate of drug-likeness (QED) is 0.788. The molecule has 0 unspecified atom stereocenters. The van der Waals surface area contributed by atoms with Crippen molar-refractivity contribution in [2.45, 2.75) is 25.9 Å². The highest BCUT2D eigenvalue weighted by Crippen LogP contribution is 2.16. The Morgan fingerprint density at radius 3 is 2.33 bits per heavy atom. The molecule has 3 rings (SSSR count). The minimum absolute atomic E-state index is 0.0683. The van der Waals surface area contributed by atoms with Crippen LogP contribution >= 0.6 is 0 Å². The predicted molar refractivity (Wildman–Crippen MR) is 102 cm³/mol. The summed E-state index contributed by atoms with van der Waals surface area (Å²) in [5.41, 5.74) is 2.20. The molecule has 0 saturated carbocycles. The van der Waals surface area contributed by atoms with Crippen molar-refractivity contribution >= 4 is 11.8 Å². The van der Waals surface area contributed by atoms with Crippen LogP contribution in [0.2, 0.25) is 0 Å². The zero-order chi connectivity index (χ0) is 19.1. The van der Waals surface area contributed by atoms with E-state index in [9.17, 15) is 14.0 Å². The monoisotopic (exact) mass is 369 g/mol. The maximum absolute atomic E-state index is 13.6. The van der Waals surface area contributed by atoms with Crippen molar-refractivity contribution in [1.29, 1.82) is 0 Å². The number of likely N-dealkylation sites (tertiary alicyclic amines) is 1. The fraction of sp³-hybridized carbons (Fsp3) is 0.333. The zero-order valence-electron chi connectivity index (χ0n) is 15.2. The van der Waals surface area contributed by atoms with Crippen molar-refractivity contribution in [3.05, 3.63) is 71.0 Å². The third-order valence-electron chi connectivity index (χ3n) is 4.72. The number of carbonyl (C=O) groups excluding carboxylic acids is 2. The van der Waals surface area contributed by atoms with Gasteiger partial charge >= 0.3 is 0 Å². The molecule has 1 fully saturated rings. The van der Waals surface area contributed by atoms with E-state index in [-0.39, 0.29) is 18.0 Å². The average Bonchev–Trinajstić information content (AvgIpc) is 3.19. The first-order valence-electron chi connectivity index (χ1n) is 9.22. The lowest BCUT2D eigenvalue weighted by atomic mass is 10.1. The van der Waals surface area contributed by atoms with Crippen LogP contribution in [0.25, 0.3) is 0 Å². The molecule has 0 bridgehead atoms. The third kappa shape index (κ3) is 5.37. The maximum Gasteiger partial charge on any atom is 0.254 e. The van der Waals surface area contributed by atoms with Crippen molar-refractivity contribution in [1.82, 2.24) is 15.5 Å². The van der Waals surface area contributed by atoms with Gasteiger partial charge in [0.25, 0.3) is 5.91 Å². The highest BCUT2D eigenvalue weighted by atomic mass is 19.1. The summed E-state index contributed by atoms with van der Waals surface area (Å²) in [6.07, 6.45) is 2.47. The minimum atomic E-state index is -0.605. The predicted octanol–water partition coefficient (Wildman–Crippen LogP) is 2.47. The number of amides is 2. The molecule has 1 aliphatic rings. The van der Waals surface area contributed by atoms with Gasteiger partial charge in [0.2, 0.25) is 5.91 Å². The molecule has 0 aliphatic carbocycles. The Morgan fingerprint density at radius 2 is 1.59 bits per heavy atom. The lowest BCUT2D eigenvalue weighted by Crippen LogP contribution is -2.37. The molecule has 142 valence electrons. The number of rotatable bonds is 7. The fourth-order valence-electron chi connectivity index (χ4n) is 3.22. The Bertz CT molecular complexity index is 804. The summed E-state index contributed by atoms with van der Waals surface area (Å²) in [7, 11) is 0. The molecule has 2 N–H and O–H groups in total. The molecule has 0 atom stereocenters. The lowest BCUT2D eigenvalue weighted by Gasteiger charge is -2.17. The van der Waals surface area contributed by atoms with Gasteiger partial charge in [-0.1, -0.05) is 36.4 Å². The highest BCUT2D eigenvalue weighted by molar-refractivity contribution is 5.96. The fourth-order valence-corrected chi connectivity index (χ4v) is 3.22. The van der Waals surface area contributed by atoms with E-state index < -0.39 is 11.7 Å². The second-order valence-corrected chi connectivity index (χ2v) is 6.69. The van der Waals surface area contributed by atoms with E-state index in [1.165, 1.54) is 36.6 Å². The van der Waals surface area contributed by atoms with Crippen LogP contribution in [0.15, 0.2) is 48.5 Å². The number of hydrogen-bond acceptors (Lipinski definition) is 3. The van der Waals surface area contributed by atoms with Crippen LogP contribution in [0, 0.1) is 5.82 Å². The molecule has 0 aromatic heterocycles. The van der Waals surface area contributed by atoms with Gasteiger partial charge in [-0.3, -0.25) is 14.5 Å². The van der Waals surface area contributed by atoms with Crippen molar-refractivity contribution in [2.24, 2.45) is 0 Å². The molecule has 2 aromatic carbocycles. The number of nitrogens with one attached hydrogen (secondary N) is 2. The van der Waals surface area contributed by atoms with E-state index >= 15 is 0 Å². The van der Waals surface area contributed by atoms with Gasteiger partial charge in [0.1, 0.15) is 5.82 Å². The van der Waals surface area contributed by atoms with Gasteiger partial charge in [0, 0.05) is 13.1 Å². The van der Waals surface area contributed by atoms with Crippen molar-refractivity contribution in [2.75, 3.05) is 19.6 Å². The van der Waals surface area contributed by atoms with Crippen LogP contribution in [0.4, 0.5) is 4.39 Å². The second kappa shape index (κ2) is 9.28. The molecule has 1 heterocycles. The maximum atomic E-state index is 13.6. The van der Waals surface area contributed by atoms with Gasteiger partial charge in [-0.15, -0.1) is 0 Å². The Balaban J connectivity index is 1.49. The van der Waals surface area contributed by atoms with Gasteiger partial charge < -0.3 is 10.6 Å². The minimum Gasteiger partial charge on any atom is -0.350 e. The van der Waals surface area contributed by atoms with Crippen molar-refractivity contribution in [3.8, 4) is 0 Å². The van der Waals surface area contributed by atoms with Crippen LogP contribution in [-0.4, -0.2) is 36.3 Å². The normalized spacial score (nSPS) is 14.1. The largest absolute Gasteiger partial charge is 0.350 e. The van der Waals surface area contributed by atoms with E-state index in [0.717, 1.165) is 25.2 Å². The molecule has 1 saturated heterocycles. The highest BCUT2D eigenvalue weighted by Gasteiger charge is 2.15. The molecule has 27 heavy (non-hydrogen) atoms. The molecule has 6 heteroatoms. The molecule has 2 amide bonds. The van der Waals surface area contributed by atoms with E-state index in [4.69, 9.17) is 0 Å². The van der Waals surface area contributed by atoms with E-state index in [2.05, 4.69) is 21.6 Å². The first-order chi connectivity index (χ1) is 13.1. The van der Waals surface area contributed by atoms with Crippen LogP contribution in [0.1, 0.15) is 34.3 Å². The summed E-state index contributed by atoms with van der Waals surface area (Å²) < 4.78 is 13.6. The molecule has 0 radical (unpaired) electrons. The summed E-state index contributed by atoms with van der Waals surface area (Å²) in [4.78, 5) is 26.4. The van der Waals surface area contributed by atoms with E-state index in [1.54, 1.807) is 6.07 Å². The molecule has 5 nitrogen and oxygen atoms in total. The number of benzene rings is 2. The van der Waals surface area contributed by atoms with Gasteiger partial charge in [-0.25, -0.2) is 4.39 Å². The van der Waals surface area contributed by atoms with Crippen LogP contribution in [0.3, 0.4) is 0 Å². The smallest absolute Gasteiger partial charge is 0.254 e. The molecule has 0 spiro atoms. The summed E-state index contributed by atoms with van der Waals surface area (Å²) in [6.45, 7) is 3.32. The van der Waals surface area contributed by atoms with Crippen LogP contribution in [0.5, 0.6) is 0 Å². The standard InChI is InChI=1S/C21H24FN3O2/c22-19-10-4-3-9-18(19)21(27)24-14-20(26)23-13-16-7-1-2-8-17(16)15-25-11-5-6-12-25/h1-4,7-10H,5-6,11-15H2,(H,23,26)(H,24,27). The average molecular weight is 369 g/mol. The van der Waals surface area contributed by atoms with Gasteiger partial charge in [0.15, 0.2) is 0 Å². The Hall–Kier alpha value is -2.73. The number of carbonyl (C=O) groups is 2. The Labute approximate surface area is 158 Å².